The number of thioether (sulfide) groups is 2. The fourth-order valence-electron chi connectivity index (χ4n) is 3.14. The third-order valence-electron chi connectivity index (χ3n) is 4.72. The molecule has 4 rings (SSSR count). The van der Waals surface area contributed by atoms with Crippen molar-refractivity contribution in [2.75, 3.05) is 24.3 Å². The van der Waals surface area contributed by atoms with Gasteiger partial charge in [0.25, 0.3) is 11.8 Å². The molecular weight excluding hydrogens is 464 g/mol. The molecular formula is C22H22N4O5S2. The highest BCUT2D eigenvalue weighted by Crippen LogP contribution is 2.37. The highest BCUT2D eigenvalue weighted by atomic mass is 32.2. The Morgan fingerprint density at radius 3 is 2.82 bits per heavy atom. The number of carbonyl (C=O) groups is 3. The van der Waals surface area contributed by atoms with Crippen molar-refractivity contribution in [1.29, 1.82) is 0 Å². The van der Waals surface area contributed by atoms with Crippen LogP contribution in [0.5, 0.6) is 0 Å². The van der Waals surface area contributed by atoms with Gasteiger partial charge in [-0.05, 0) is 11.6 Å². The summed E-state index contributed by atoms with van der Waals surface area (Å²) in [6.45, 7) is 0.629. The van der Waals surface area contributed by atoms with E-state index in [1.807, 2.05) is 36.4 Å². The standard InChI is InChI=1S/C22H22N4O5S2/c27-18(26-22(29)31-10-9-30-13-14-4-2-1-3-5-14)15-7-11-32-20(15)25-19(28)21-24-16-12-23-8-6-17(16)33-21/h1-8,12,20-21,24H,9-11,13H2,(H,25,28)(H,26,27,29). The van der Waals surface area contributed by atoms with Crippen LogP contribution in [0.1, 0.15) is 5.56 Å². The number of benzene rings is 1. The number of aromatic nitrogens is 1. The van der Waals surface area contributed by atoms with Crippen LogP contribution in [0, 0.1) is 0 Å². The number of carbonyl (C=O) groups excluding carboxylic acids is 3. The van der Waals surface area contributed by atoms with E-state index in [2.05, 4.69) is 20.9 Å². The van der Waals surface area contributed by atoms with E-state index in [0.29, 0.717) is 17.9 Å². The molecule has 11 heteroatoms. The van der Waals surface area contributed by atoms with Crippen molar-refractivity contribution in [3.63, 3.8) is 0 Å². The van der Waals surface area contributed by atoms with Crippen LogP contribution in [0.3, 0.4) is 0 Å². The lowest BCUT2D eigenvalue weighted by molar-refractivity contribution is -0.120. The van der Waals surface area contributed by atoms with E-state index in [1.54, 1.807) is 18.5 Å². The number of pyridine rings is 1. The molecule has 2 atom stereocenters. The Labute approximate surface area is 199 Å². The zero-order chi connectivity index (χ0) is 23.0. The first-order valence-electron chi connectivity index (χ1n) is 10.2. The maximum Gasteiger partial charge on any atom is 0.414 e. The molecule has 2 aliphatic heterocycles. The fraction of sp³-hybridized carbons (Fsp3) is 0.273. The fourth-order valence-corrected chi connectivity index (χ4v) is 5.18. The van der Waals surface area contributed by atoms with Gasteiger partial charge < -0.3 is 20.1 Å². The van der Waals surface area contributed by atoms with Crippen molar-refractivity contribution in [3.8, 4) is 0 Å². The average Bonchev–Trinajstić information content (AvgIpc) is 3.46. The summed E-state index contributed by atoms with van der Waals surface area (Å²) in [4.78, 5) is 42.1. The molecule has 0 aliphatic carbocycles. The van der Waals surface area contributed by atoms with Crippen molar-refractivity contribution in [2.45, 2.75) is 22.3 Å². The van der Waals surface area contributed by atoms with Gasteiger partial charge >= 0.3 is 6.09 Å². The minimum absolute atomic E-state index is 0.0138. The van der Waals surface area contributed by atoms with Gasteiger partial charge in [-0.25, -0.2) is 4.79 Å². The number of alkyl carbamates (subject to hydrolysis) is 1. The molecule has 1 aromatic carbocycles. The van der Waals surface area contributed by atoms with Crippen molar-refractivity contribution in [1.82, 2.24) is 15.6 Å². The summed E-state index contributed by atoms with van der Waals surface area (Å²) in [6, 6.07) is 11.5. The minimum atomic E-state index is -0.859. The summed E-state index contributed by atoms with van der Waals surface area (Å²) in [5.74, 6) is -0.307. The number of ether oxygens (including phenoxy) is 2. The SMILES string of the molecule is O=C(NC(=O)C1=CCSC1NC(=O)C1Nc2cnccc2S1)OCCOCc1ccccc1. The van der Waals surface area contributed by atoms with E-state index in [-0.39, 0.29) is 19.1 Å². The predicted octanol–water partition coefficient (Wildman–Crippen LogP) is 2.51. The van der Waals surface area contributed by atoms with E-state index in [0.717, 1.165) is 16.1 Å². The Morgan fingerprint density at radius 1 is 1.15 bits per heavy atom. The summed E-state index contributed by atoms with van der Waals surface area (Å²) < 4.78 is 10.5. The summed E-state index contributed by atoms with van der Waals surface area (Å²) >= 11 is 2.77. The summed E-state index contributed by atoms with van der Waals surface area (Å²) in [5, 5.41) is 7.09. The molecule has 3 amide bonds. The quantitative estimate of drug-likeness (QED) is 0.484. The number of nitrogens with zero attached hydrogens (tertiary/aromatic N) is 1. The Hall–Kier alpha value is -3.02. The maximum absolute atomic E-state index is 12.7. The second-order valence-corrected chi connectivity index (χ2v) is 9.31. The van der Waals surface area contributed by atoms with Crippen LogP contribution in [0.15, 0.2) is 65.3 Å². The lowest BCUT2D eigenvalue weighted by atomic mass is 10.2. The monoisotopic (exact) mass is 486 g/mol. The van der Waals surface area contributed by atoms with E-state index >= 15 is 0 Å². The first kappa shape index (κ1) is 23.1. The average molecular weight is 487 g/mol. The number of rotatable bonds is 8. The molecule has 0 spiro atoms. The van der Waals surface area contributed by atoms with Crippen LogP contribution < -0.4 is 16.0 Å². The van der Waals surface area contributed by atoms with Crippen molar-refractivity contribution < 1.29 is 23.9 Å². The van der Waals surface area contributed by atoms with Crippen molar-refractivity contribution in [2.24, 2.45) is 0 Å². The summed E-state index contributed by atoms with van der Waals surface area (Å²) in [7, 11) is 0. The zero-order valence-electron chi connectivity index (χ0n) is 17.5. The molecule has 0 radical (unpaired) electrons. The lowest BCUT2D eigenvalue weighted by Crippen LogP contribution is -2.44. The van der Waals surface area contributed by atoms with Gasteiger partial charge in [0.1, 0.15) is 12.0 Å². The highest BCUT2D eigenvalue weighted by Gasteiger charge is 2.33. The maximum atomic E-state index is 12.7. The molecule has 2 aromatic rings. The van der Waals surface area contributed by atoms with Crippen LogP contribution in [0.4, 0.5) is 10.5 Å². The first-order valence-corrected chi connectivity index (χ1v) is 12.1. The molecule has 0 bridgehead atoms. The number of hydrogen-bond acceptors (Lipinski definition) is 9. The molecule has 2 aliphatic rings. The number of fused-ring (bicyclic) bond motifs is 1. The second-order valence-electron chi connectivity index (χ2n) is 7.02. The molecule has 1 aromatic heterocycles. The van der Waals surface area contributed by atoms with Gasteiger partial charge in [0.05, 0.1) is 25.1 Å². The summed E-state index contributed by atoms with van der Waals surface area (Å²) in [6.07, 6.45) is 4.16. The third kappa shape index (κ3) is 6.28. The second kappa shape index (κ2) is 11.2. The van der Waals surface area contributed by atoms with E-state index < -0.39 is 22.7 Å². The zero-order valence-corrected chi connectivity index (χ0v) is 19.1. The molecule has 0 saturated heterocycles. The normalized spacial score (nSPS) is 18.6. The van der Waals surface area contributed by atoms with Crippen LogP contribution in [-0.2, 0) is 25.7 Å². The third-order valence-corrected chi connectivity index (χ3v) is 6.96. The molecule has 3 heterocycles. The minimum Gasteiger partial charge on any atom is -0.447 e. The smallest absolute Gasteiger partial charge is 0.414 e. The van der Waals surface area contributed by atoms with Gasteiger partial charge in [0, 0.05) is 22.4 Å². The van der Waals surface area contributed by atoms with E-state index in [9.17, 15) is 14.4 Å². The molecule has 0 saturated carbocycles. The number of nitrogens with one attached hydrogen (secondary N) is 3. The van der Waals surface area contributed by atoms with E-state index in [1.165, 1.54) is 23.5 Å². The van der Waals surface area contributed by atoms with Gasteiger partial charge in [0.2, 0.25) is 0 Å². The molecule has 0 fully saturated rings. The number of amides is 3. The highest BCUT2D eigenvalue weighted by molar-refractivity contribution is 8.01. The van der Waals surface area contributed by atoms with E-state index in [4.69, 9.17) is 9.47 Å². The van der Waals surface area contributed by atoms with Crippen LogP contribution in [-0.4, -0.2) is 52.6 Å². The Morgan fingerprint density at radius 2 is 2.00 bits per heavy atom. The summed E-state index contributed by atoms with van der Waals surface area (Å²) in [5.41, 5.74) is 2.13. The predicted molar refractivity (Wildman–Crippen MR) is 126 cm³/mol. The largest absolute Gasteiger partial charge is 0.447 e. The van der Waals surface area contributed by atoms with Crippen molar-refractivity contribution in [3.05, 3.63) is 66.0 Å². The molecule has 172 valence electrons. The Balaban J connectivity index is 1.18. The van der Waals surface area contributed by atoms with Gasteiger partial charge in [-0.2, -0.15) is 0 Å². The van der Waals surface area contributed by atoms with Crippen LogP contribution in [0.25, 0.3) is 0 Å². The Kier molecular flexibility index (Phi) is 7.87. The van der Waals surface area contributed by atoms with Gasteiger partial charge in [-0.1, -0.05) is 48.2 Å². The van der Waals surface area contributed by atoms with Crippen LogP contribution in [0.2, 0.25) is 0 Å². The number of imide groups is 1. The lowest BCUT2D eigenvalue weighted by Gasteiger charge is -2.18. The van der Waals surface area contributed by atoms with Gasteiger partial charge in [-0.15, -0.1) is 11.8 Å². The number of anilines is 1. The topological polar surface area (TPSA) is 119 Å². The molecule has 33 heavy (non-hydrogen) atoms. The molecule has 3 N–H and O–H groups in total. The Bertz CT molecular complexity index is 1030. The van der Waals surface area contributed by atoms with Crippen molar-refractivity contribution >= 4 is 47.1 Å². The first-order chi connectivity index (χ1) is 16.1. The van der Waals surface area contributed by atoms with Crippen LogP contribution >= 0.6 is 23.5 Å². The van der Waals surface area contributed by atoms with Gasteiger partial charge in [0.15, 0.2) is 5.37 Å². The molecule has 9 nitrogen and oxygen atoms in total. The van der Waals surface area contributed by atoms with Gasteiger partial charge in [-0.3, -0.25) is 19.9 Å². The number of hydrogen-bond donors (Lipinski definition) is 3. The molecule has 2 unspecified atom stereocenters.